The lowest BCUT2D eigenvalue weighted by Crippen LogP contribution is -2.45. The monoisotopic (exact) mass is 436 g/mol. The van der Waals surface area contributed by atoms with Gasteiger partial charge in [0.05, 0.1) is 17.5 Å². The molecule has 1 aliphatic carbocycles. The lowest BCUT2D eigenvalue weighted by atomic mass is 9.70. The number of fused-ring (bicyclic) bond motifs is 1. The third-order valence-electron chi connectivity index (χ3n) is 6.77. The van der Waals surface area contributed by atoms with Crippen LogP contribution in [-0.4, -0.2) is 27.7 Å². The standard InChI is InChI=1S/C25H25ClN2O3/c1-14-9-15(2)23-19(10-14)22(29)20-21(17-6-3-7-18(26)11-17)28(25(30)24(20)31-23)13-16-5-4-8-27-12-16/h3-8,11-12,14-15,19,21,23H,9-10,13H2,1-2H3. The van der Waals surface area contributed by atoms with E-state index in [1.807, 2.05) is 30.3 Å². The maximum absolute atomic E-state index is 13.8. The van der Waals surface area contributed by atoms with Gasteiger partial charge in [-0.15, -0.1) is 0 Å². The van der Waals surface area contributed by atoms with E-state index >= 15 is 0 Å². The predicted octanol–water partition coefficient (Wildman–Crippen LogP) is 4.72. The molecule has 5 atom stereocenters. The summed E-state index contributed by atoms with van der Waals surface area (Å²) >= 11 is 6.28. The SMILES string of the molecule is CC1CC(C)C2OC3=C(C(=O)C2C1)C(c1cccc(Cl)c1)N(Cc1cccnc1)C3=O. The molecule has 3 heterocycles. The number of halogens is 1. The highest BCUT2D eigenvalue weighted by Gasteiger charge is 2.53. The number of carbonyl (C=O) groups excluding carboxylic acids is 2. The van der Waals surface area contributed by atoms with E-state index in [-0.39, 0.29) is 35.4 Å². The first-order chi connectivity index (χ1) is 14.9. The molecule has 5 unspecified atom stereocenters. The van der Waals surface area contributed by atoms with Gasteiger partial charge in [0.15, 0.2) is 11.5 Å². The summed E-state index contributed by atoms with van der Waals surface area (Å²) in [5.41, 5.74) is 2.20. The van der Waals surface area contributed by atoms with Crippen LogP contribution in [0.25, 0.3) is 0 Å². The van der Waals surface area contributed by atoms with Crippen molar-refractivity contribution in [1.82, 2.24) is 9.88 Å². The van der Waals surface area contributed by atoms with Crippen molar-refractivity contribution >= 4 is 23.3 Å². The van der Waals surface area contributed by atoms with E-state index in [2.05, 4.69) is 18.8 Å². The Morgan fingerprint density at radius 3 is 2.74 bits per heavy atom. The fraction of sp³-hybridized carbons (Fsp3) is 0.400. The van der Waals surface area contributed by atoms with Crippen LogP contribution < -0.4 is 0 Å². The molecule has 0 bridgehead atoms. The normalized spacial score (nSPS) is 30.2. The van der Waals surface area contributed by atoms with Gasteiger partial charge in [-0.2, -0.15) is 0 Å². The van der Waals surface area contributed by atoms with Crippen molar-refractivity contribution in [2.24, 2.45) is 17.8 Å². The number of Topliss-reactive ketones (excluding diaryl/α,β-unsaturated/α-hetero) is 1. The van der Waals surface area contributed by atoms with Gasteiger partial charge in [-0.05, 0) is 54.0 Å². The van der Waals surface area contributed by atoms with Crippen LogP contribution in [0.5, 0.6) is 0 Å². The van der Waals surface area contributed by atoms with E-state index in [4.69, 9.17) is 16.3 Å². The number of carbonyl (C=O) groups is 2. The zero-order valence-electron chi connectivity index (χ0n) is 17.6. The molecule has 3 aliphatic rings. The van der Waals surface area contributed by atoms with Gasteiger partial charge >= 0.3 is 0 Å². The molecule has 1 amide bonds. The van der Waals surface area contributed by atoms with Crippen molar-refractivity contribution in [3.05, 3.63) is 76.3 Å². The number of nitrogens with zero attached hydrogens (tertiary/aromatic N) is 2. The first kappa shape index (κ1) is 20.3. The minimum atomic E-state index is -0.512. The first-order valence-corrected chi connectivity index (χ1v) is 11.2. The van der Waals surface area contributed by atoms with Crippen molar-refractivity contribution < 1.29 is 14.3 Å². The number of ketones is 1. The molecule has 2 aliphatic heterocycles. The molecule has 1 fully saturated rings. The molecule has 0 saturated heterocycles. The van der Waals surface area contributed by atoms with Crippen molar-refractivity contribution in [3.8, 4) is 0 Å². The molecule has 1 aromatic carbocycles. The molecule has 31 heavy (non-hydrogen) atoms. The van der Waals surface area contributed by atoms with Crippen molar-refractivity contribution in [2.45, 2.75) is 45.4 Å². The summed E-state index contributed by atoms with van der Waals surface area (Å²) in [6, 6.07) is 10.7. The minimum absolute atomic E-state index is 0.0525. The number of pyridine rings is 1. The molecule has 1 saturated carbocycles. The van der Waals surface area contributed by atoms with E-state index in [1.54, 1.807) is 23.4 Å². The Labute approximate surface area is 187 Å². The molecule has 2 aromatic rings. The topological polar surface area (TPSA) is 59.5 Å². The van der Waals surface area contributed by atoms with Crippen molar-refractivity contribution in [1.29, 1.82) is 0 Å². The van der Waals surface area contributed by atoms with Crippen LogP contribution >= 0.6 is 11.6 Å². The van der Waals surface area contributed by atoms with Crippen molar-refractivity contribution in [3.63, 3.8) is 0 Å². The highest BCUT2D eigenvalue weighted by Crippen LogP contribution is 2.49. The van der Waals surface area contributed by atoms with Crippen molar-refractivity contribution in [2.75, 3.05) is 0 Å². The fourth-order valence-corrected chi connectivity index (χ4v) is 5.70. The number of rotatable bonds is 3. The molecule has 160 valence electrons. The molecule has 0 spiro atoms. The maximum atomic E-state index is 13.8. The Balaban J connectivity index is 1.60. The van der Waals surface area contributed by atoms with Gasteiger partial charge in [0, 0.05) is 24.0 Å². The average Bonchev–Trinajstić information content (AvgIpc) is 3.02. The van der Waals surface area contributed by atoms with Crippen LogP contribution in [0.4, 0.5) is 0 Å². The second-order valence-electron chi connectivity index (χ2n) is 9.10. The third kappa shape index (κ3) is 3.45. The minimum Gasteiger partial charge on any atom is -0.483 e. The quantitative estimate of drug-likeness (QED) is 0.698. The van der Waals surface area contributed by atoms with Crippen LogP contribution in [0.1, 0.15) is 43.9 Å². The van der Waals surface area contributed by atoms with Gasteiger partial charge < -0.3 is 9.64 Å². The highest BCUT2D eigenvalue weighted by molar-refractivity contribution is 6.30. The highest BCUT2D eigenvalue weighted by atomic mass is 35.5. The lowest BCUT2D eigenvalue weighted by molar-refractivity contribution is -0.139. The zero-order valence-corrected chi connectivity index (χ0v) is 18.4. The molecule has 6 heteroatoms. The van der Waals surface area contributed by atoms with Gasteiger partial charge in [-0.3, -0.25) is 14.6 Å². The molecule has 0 radical (unpaired) electrons. The smallest absolute Gasteiger partial charge is 0.290 e. The summed E-state index contributed by atoms with van der Waals surface area (Å²) in [7, 11) is 0. The fourth-order valence-electron chi connectivity index (χ4n) is 5.50. The Kier molecular flexibility index (Phi) is 5.09. The second-order valence-corrected chi connectivity index (χ2v) is 9.54. The number of hydrogen-bond donors (Lipinski definition) is 0. The summed E-state index contributed by atoms with van der Waals surface area (Å²) in [4.78, 5) is 33.2. The second kappa shape index (κ2) is 7.79. The summed E-state index contributed by atoms with van der Waals surface area (Å²) in [6.45, 7) is 4.65. The van der Waals surface area contributed by atoms with Gasteiger partial charge in [-0.25, -0.2) is 0 Å². The van der Waals surface area contributed by atoms with Crippen LogP contribution in [0.2, 0.25) is 5.02 Å². The molecule has 5 rings (SSSR count). The van der Waals surface area contributed by atoms with Crippen LogP contribution in [0.3, 0.4) is 0 Å². The van der Waals surface area contributed by atoms with Gasteiger partial charge in [0.2, 0.25) is 0 Å². The van der Waals surface area contributed by atoms with E-state index < -0.39 is 6.04 Å². The molecular formula is C25H25ClN2O3. The molecule has 1 aromatic heterocycles. The zero-order chi connectivity index (χ0) is 21.7. The van der Waals surface area contributed by atoms with E-state index in [0.717, 1.165) is 24.0 Å². The molecule has 0 N–H and O–H groups in total. The van der Waals surface area contributed by atoms with E-state index in [9.17, 15) is 9.59 Å². The number of benzene rings is 1. The number of aromatic nitrogens is 1. The summed E-state index contributed by atoms with van der Waals surface area (Å²) in [6.07, 6.45) is 5.01. The van der Waals surface area contributed by atoms with Crippen LogP contribution in [0, 0.1) is 17.8 Å². The van der Waals surface area contributed by atoms with Gasteiger partial charge in [0.25, 0.3) is 5.91 Å². The summed E-state index contributed by atoms with van der Waals surface area (Å²) in [5.74, 6) is 0.528. The number of hydrogen-bond acceptors (Lipinski definition) is 4. The Morgan fingerprint density at radius 2 is 2.00 bits per heavy atom. The maximum Gasteiger partial charge on any atom is 0.290 e. The number of amides is 1. The molecule has 5 nitrogen and oxygen atoms in total. The Hall–Kier alpha value is -2.66. The summed E-state index contributed by atoms with van der Waals surface area (Å²) < 4.78 is 6.33. The van der Waals surface area contributed by atoms with Gasteiger partial charge in [0.1, 0.15) is 6.10 Å². The Bertz CT molecular complexity index is 1070. The van der Waals surface area contributed by atoms with E-state index in [1.165, 1.54) is 0 Å². The van der Waals surface area contributed by atoms with Crippen LogP contribution in [0.15, 0.2) is 60.1 Å². The van der Waals surface area contributed by atoms with E-state index in [0.29, 0.717) is 23.1 Å². The first-order valence-electron chi connectivity index (χ1n) is 10.8. The van der Waals surface area contributed by atoms with Crippen LogP contribution in [-0.2, 0) is 20.9 Å². The summed E-state index contributed by atoms with van der Waals surface area (Å²) in [5, 5.41) is 0.572. The predicted molar refractivity (Wildman–Crippen MR) is 117 cm³/mol. The van der Waals surface area contributed by atoms with Gasteiger partial charge in [-0.1, -0.05) is 43.6 Å². The average molecular weight is 437 g/mol. The number of ether oxygens (including phenoxy) is 1. The largest absolute Gasteiger partial charge is 0.483 e. The molecular weight excluding hydrogens is 412 g/mol. The third-order valence-corrected chi connectivity index (χ3v) is 7.00. The Morgan fingerprint density at radius 1 is 1.16 bits per heavy atom. The lowest BCUT2D eigenvalue weighted by Gasteiger charge is -2.41.